The Hall–Kier alpha value is -1.24. The second kappa shape index (κ2) is 5.44. The highest BCUT2D eigenvalue weighted by molar-refractivity contribution is 7.15. The number of nitrogens with zero attached hydrogens (tertiary/aromatic N) is 4. The number of thiazole rings is 2. The molecule has 0 N–H and O–H groups in total. The fourth-order valence-electron chi connectivity index (χ4n) is 3.34. The zero-order valence-electron chi connectivity index (χ0n) is 13.0. The molecule has 0 aromatic carbocycles. The van der Waals surface area contributed by atoms with E-state index in [1.807, 2.05) is 23.0 Å². The van der Waals surface area contributed by atoms with Gasteiger partial charge in [-0.05, 0) is 32.9 Å². The summed E-state index contributed by atoms with van der Waals surface area (Å²) in [5.74, 6) is 1.11. The van der Waals surface area contributed by atoms with Crippen LogP contribution in [0.3, 0.4) is 0 Å². The highest BCUT2D eigenvalue weighted by Crippen LogP contribution is 2.38. The van der Waals surface area contributed by atoms with Gasteiger partial charge >= 0.3 is 0 Å². The van der Waals surface area contributed by atoms with Crippen molar-refractivity contribution in [3.63, 3.8) is 0 Å². The molecule has 1 aliphatic rings. The number of piperidine rings is 1. The van der Waals surface area contributed by atoms with Crippen LogP contribution in [0.4, 0.5) is 0 Å². The standard InChI is InChI=1S/C16H20N4S2/c1-12-18-14(15-20(12)7-8-21-15)16(2)3-5-19(6-4-16)10-13-9-17-11-22-13/h7-9,11H,3-6,10H2,1-2H3. The zero-order valence-corrected chi connectivity index (χ0v) is 14.6. The van der Waals surface area contributed by atoms with Crippen LogP contribution in [0.2, 0.25) is 0 Å². The minimum Gasteiger partial charge on any atom is -0.298 e. The van der Waals surface area contributed by atoms with E-state index in [4.69, 9.17) is 4.98 Å². The summed E-state index contributed by atoms with van der Waals surface area (Å²) in [6, 6.07) is 0. The Balaban J connectivity index is 1.53. The van der Waals surface area contributed by atoms with Crippen molar-refractivity contribution in [2.45, 2.75) is 38.6 Å². The lowest BCUT2D eigenvalue weighted by atomic mass is 9.78. The number of likely N-dealkylation sites (tertiary alicyclic amines) is 1. The predicted molar refractivity (Wildman–Crippen MR) is 91.8 cm³/mol. The summed E-state index contributed by atoms with van der Waals surface area (Å²) in [6.45, 7) is 7.80. The van der Waals surface area contributed by atoms with Crippen molar-refractivity contribution >= 4 is 27.5 Å². The largest absolute Gasteiger partial charge is 0.298 e. The van der Waals surface area contributed by atoms with Gasteiger partial charge in [0.15, 0.2) is 0 Å². The van der Waals surface area contributed by atoms with Gasteiger partial charge in [-0.1, -0.05) is 6.92 Å². The molecule has 4 heterocycles. The fraction of sp³-hybridized carbons (Fsp3) is 0.500. The maximum absolute atomic E-state index is 4.89. The molecule has 0 spiro atoms. The predicted octanol–water partition coefficient (Wildman–Crippen LogP) is 3.71. The molecule has 0 aliphatic carbocycles. The minimum absolute atomic E-state index is 0.203. The molecule has 0 atom stereocenters. The van der Waals surface area contributed by atoms with E-state index in [0.29, 0.717) is 0 Å². The van der Waals surface area contributed by atoms with Crippen molar-refractivity contribution in [1.29, 1.82) is 0 Å². The van der Waals surface area contributed by atoms with E-state index in [2.05, 4.69) is 39.7 Å². The molecule has 0 unspecified atom stereocenters. The maximum atomic E-state index is 4.89. The van der Waals surface area contributed by atoms with E-state index in [0.717, 1.165) is 25.5 Å². The van der Waals surface area contributed by atoms with Crippen molar-refractivity contribution in [2.75, 3.05) is 13.1 Å². The van der Waals surface area contributed by atoms with Gasteiger partial charge in [-0.2, -0.15) is 0 Å². The smallest absolute Gasteiger partial charge is 0.123 e. The van der Waals surface area contributed by atoms with Gasteiger partial charge in [-0.15, -0.1) is 22.7 Å². The summed E-state index contributed by atoms with van der Waals surface area (Å²) in [4.78, 5) is 14.3. The number of fused-ring (bicyclic) bond motifs is 1. The third-order valence-electron chi connectivity index (χ3n) is 4.83. The summed E-state index contributed by atoms with van der Waals surface area (Å²) in [5, 5.41) is 2.16. The Kier molecular flexibility index (Phi) is 3.55. The molecular formula is C16H20N4S2. The summed E-state index contributed by atoms with van der Waals surface area (Å²) in [5.41, 5.74) is 3.43. The molecule has 116 valence electrons. The summed E-state index contributed by atoms with van der Waals surface area (Å²) in [6.07, 6.45) is 6.48. The molecule has 3 aromatic heterocycles. The molecule has 0 bridgehead atoms. The molecule has 6 heteroatoms. The Morgan fingerprint density at radius 2 is 2.09 bits per heavy atom. The normalized spacial score (nSPS) is 19.0. The zero-order chi connectivity index (χ0) is 15.2. The van der Waals surface area contributed by atoms with Gasteiger partial charge in [0.25, 0.3) is 0 Å². The van der Waals surface area contributed by atoms with E-state index in [-0.39, 0.29) is 5.41 Å². The topological polar surface area (TPSA) is 33.4 Å². The second-order valence-corrected chi connectivity index (χ2v) is 8.26. The first-order chi connectivity index (χ1) is 10.7. The van der Waals surface area contributed by atoms with Crippen LogP contribution in [-0.2, 0) is 12.0 Å². The number of imidazole rings is 1. The van der Waals surface area contributed by atoms with Gasteiger partial charge in [-0.25, -0.2) is 4.98 Å². The fourth-order valence-corrected chi connectivity index (χ4v) is 5.00. The maximum Gasteiger partial charge on any atom is 0.123 e. The number of aryl methyl sites for hydroxylation is 1. The average Bonchev–Trinajstić information content (AvgIpc) is 3.21. The molecule has 1 saturated heterocycles. The van der Waals surface area contributed by atoms with Gasteiger partial charge in [0.1, 0.15) is 10.7 Å². The van der Waals surface area contributed by atoms with Gasteiger partial charge in [0.05, 0.1) is 11.2 Å². The third-order valence-corrected chi connectivity index (χ3v) is 6.46. The van der Waals surface area contributed by atoms with Crippen LogP contribution in [0.1, 0.15) is 36.2 Å². The highest BCUT2D eigenvalue weighted by atomic mass is 32.1. The molecule has 4 nitrogen and oxygen atoms in total. The number of hydrogen-bond donors (Lipinski definition) is 0. The van der Waals surface area contributed by atoms with Gasteiger partial charge in [-0.3, -0.25) is 14.3 Å². The first kappa shape index (κ1) is 14.4. The van der Waals surface area contributed by atoms with Crippen molar-refractivity contribution in [3.8, 4) is 0 Å². The van der Waals surface area contributed by atoms with Gasteiger partial charge in [0, 0.05) is 34.6 Å². The molecule has 3 aromatic rings. The van der Waals surface area contributed by atoms with E-state index in [1.54, 1.807) is 11.3 Å². The highest BCUT2D eigenvalue weighted by Gasteiger charge is 2.35. The minimum atomic E-state index is 0.203. The van der Waals surface area contributed by atoms with Crippen LogP contribution in [0.15, 0.2) is 23.3 Å². The number of aromatic nitrogens is 3. The molecule has 1 fully saturated rings. The van der Waals surface area contributed by atoms with E-state index >= 15 is 0 Å². The van der Waals surface area contributed by atoms with E-state index in [1.165, 1.54) is 28.2 Å². The molecular weight excluding hydrogens is 312 g/mol. The summed E-state index contributed by atoms with van der Waals surface area (Å²) >= 11 is 3.56. The Bertz CT molecular complexity index is 763. The molecule has 4 rings (SSSR count). The molecule has 1 aliphatic heterocycles. The molecule has 0 radical (unpaired) electrons. The number of rotatable bonds is 3. The lowest BCUT2D eigenvalue weighted by molar-refractivity contribution is 0.162. The van der Waals surface area contributed by atoms with Gasteiger partial charge in [0.2, 0.25) is 0 Å². The van der Waals surface area contributed by atoms with Crippen molar-refractivity contribution in [3.05, 3.63) is 39.7 Å². The first-order valence-corrected chi connectivity index (χ1v) is 9.44. The monoisotopic (exact) mass is 332 g/mol. The van der Waals surface area contributed by atoms with E-state index in [9.17, 15) is 0 Å². The van der Waals surface area contributed by atoms with Crippen LogP contribution in [-0.4, -0.2) is 32.4 Å². The molecule has 22 heavy (non-hydrogen) atoms. The van der Waals surface area contributed by atoms with Crippen LogP contribution in [0.25, 0.3) is 4.83 Å². The number of hydrogen-bond acceptors (Lipinski definition) is 5. The van der Waals surface area contributed by atoms with Crippen LogP contribution in [0, 0.1) is 6.92 Å². The quantitative estimate of drug-likeness (QED) is 0.733. The van der Waals surface area contributed by atoms with Crippen LogP contribution in [0.5, 0.6) is 0 Å². The van der Waals surface area contributed by atoms with Crippen molar-refractivity contribution < 1.29 is 0 Å². The lowest BCUT2D eigenvalue weighted by Crippen LogP contribution is -2.40. The third kappa shape index (κ3) is 2.39. The van der Waals surface area contributed by atoms with E-state index < -0.39 is 0 Å². The summed E-state index contributed by atoms with van der Waals surface area (Å²) < 4.78 is 2.23. The van der Waals surface area contributed by atoms with Crippen molar-refractivity contribution in [1.82, 2.24) is 19.3 Å². The van der Waals surface area contributed by atoms with Crippen molar-refractivity contribution in [2.24, 2.45) is 0 Å². The van der Waals surface area contributed by atoms with Crippen LogP contribution >= 0.6 is 22.7 Å². The Morgan fingerprint density at radius 1 is 1.27 bits per heavy atom. The molecule has 0 amide bonds. The van der Waals surface area contributed by atoms with Gasteiger partial charge < -0.3 is 0 Å². The summed E-state index contributed by atoms with van der Waals surface area (Å²) in [7, 11) is 0. The molecule has 0 saturated carbocycles. The second-order valence-electron chi connectivity index (χ2n) is 6.39. The SMILES string of the molecule is Cc1nc(C2(C)CCN(Cc3cncs3)CC2)c2sccn12. The average molecular weight is 332 g/mol. The first-order valence-electron chi connectivity index (χ1n) is 7.68. The van der Waals surface area contributed by atoms with Crippen LogP contribution < -0.4 is 0 Å². The Morgan fingerprint density at radius 3 is 2.82 bits per heavy atom. The lowest BCUT2D eigenvalue weighted by Gasteiger charge is -2.38. The Labute approximate surface area is 138 Å².